The van der Waals surface area contributed by atoms with E-state index in [1.54, 1.807) is 0 Å². The molecular weight excluding hydrogens is 897 g/mol. The third-order valence-electron chi connectivity index (χ3n) is 11.9. The lowest BCUT2D eigenvalue weighted by molar-refractivity contribution is -0.157. The molecule has 0 fully saturated rings. The van der Waals surface area contributed by atoms with Crippen LogP contribution in [-0.2, 0) is 47.7 Å². The van der Waals surface area contributed by atoms with E-state index in [1.807, 2.05) is 27.7 Å². The highest BCUT2D eigenvalue weighted by molar-refractivity contribution is 5.72. The Kier molecular flexibility index (Phi) is 40.9. The van der Waals surface area contributed by atoms with Crippen molar-refractivity contribution in [2.75, 3.05) is 13.2 Å². The number of aliphatic hydroxyl groups excluding tert-OH is 7. The van der Waals surface area contributed by atoms with Crippen molar-refractivity contribution in [1.82, 2.24) is 0 Å². The van der Waals surface area contributed by atoms with Crippen molar-refractivity contribution >= 4 is 29.8 Å². The maximum atomic E-state index is 13.2. The highest BCUT2D eigenvalue weighted by Gasteiger charge is 2.29. The molecule has 0 spiro atoms. The second-order valence-corrected chi connectivity index (χ2v) is 19.0. The molecule has 17 heteroatoms. The molecular formula is C52H96O17. The summed E-state index contributed by atoms with van der Waals surface area (Å²) in [5, 5.41) is 73.0. The Balaban J connectivity index is 5.50. The zero-order chi connectivity index (χ0) is 51.8. The van der Waals surface area contributed by atoms with Gasteiger partial charge in [-0.25, -0.2) is 0 Å². The van der Waals surface area contributed by atoms with Crippen LogP contribution in [0, 0.1) is 0 Å². The molecule has 0 amide bonds. The molecule has 0 saturated carbocycles. The Morgan fingerprint density at radius 3 is 0.841 bits per heavy atom. The number of carbonyl (C=O) groups excluding carboxylic acids is 5. The lowest BCUT2D eigenvalue weighted by Crippen LogP contribution is -2.31. The van der Waals surface area contributed by atoms with E-state index >= 15 is 0 Å². The van der Waals surface area contributed by atoms with Crippen LogP contribution in [-0.4, -0.2) is 140 Å². The van der Waals surface area contributed by atoms with Crippen LogP contribution in [0.2, 0.25) is 0 Å². The molecule has 0 aliphatic rings. The fourth-order valence-electron chi connectivity index (χ4n) is 8.20. The minimum atomic E-state index is -1.25. The molecule has 17 nitrogen and oxygen atoms in total. The Hall–Kier alpha value is -2.93. The summed E-state index contributed by atoms with van der Waals surface area (Å²) in [4.78, 5) is 64.1. The fraction of sp³-hybridized carbons (Fsp3) is 0.904. The van der Waals surface area contributed by atoms with Crippen LogP contribution < -0.4 is 0 Å². The highest BCUT2D eigenvalue weighted by Crippen LogP contribution is 2.22. The largest absolute Gasteiger partial charge is 0.463 e. The van der Waals surface area contributed by atoms with Gasteiger partial charge in [0.2, 0.25) is 0 Å². The van der Waals surface area contributed by atoms with E-state index in [9.17, 15) is 54.6 Å². The number of ether oxygens (including phenoxy) is 5. The first-order valence-electron chi connectivity index (χ1n) is 26.6. The molecule has 0 bridgehead atoms. The van der Waals surface area contributed by atoms with Gasteiger partial charge in [0, 0.05) is 25.7 Å². The van der Waals surface area contributed by atoms with Crippen molar-refractivity contribution in [2.24, 2.45) is 0 Å². The maximum Gasteiger partial charge on any atom is 0.308 e. The number of unbranched alkanes of at least 4 members (excludes halogenated alkanes) is 10. The number of hydrogen-bond acceptors (Lipinski definition) is 17. The molecule has 0 aliphatic heterocycles. The minimum absolute atomic E-state index is 0.0152. The summed E-state index contributed by atoms with van der Waals surface area (Å²) in [5.74, 6) is -3.49. The van der Waals surface area contributed by atoms with E-state index in [4.69, 9.17) is 28.8 Å². The number of aliphatic hydroxyl groups is 7. The van der Waals surface area contributed by atoms with Crippen LogP contribution in [0.25, 0.3) is 0 Å². The zero-order valence-electron chi connectivity index (χ0n) is 43.1. The number of rotatable bonds is 46. The summed E-state index contributed by atoms with van der Waals surface area (Å²) in [7, 11) is 0. The molecule has 0 aromatic carbocycles. The lowest BCUT2D eigenvalue weighted by atomic mass is 10.0. The van der Waals surface area contributed by atoms with E-state index in [1.165, 1.54) is 0 Å². The van der Waals surface area contributed by atoms with Gasteiger partial charge in [-0.05, 0) is 64.2 Å². The Morgan fingerprint density at radius 1 is 0.333 bits per heavy atom. The minimum Gasteiger partial charge on any atom is -0.463 e. The molecule has 10 unspecified atom stereocenters. The third-order valence-corrected chi connectivity index (χ3v) is 11.9. The lowest BCUT2D eigenvalue weighted by Gasteiger charge is -2.24. The molecule has 69 heavy (non-hydrogen) atoms. The molecule has 7 N–H and O–H groups in total. The van der Waals surface area contributed by atoms with Crippen LogP contribution in [0.15, 0.2) is 0 Å². The van der Waals surface area contributed by atoms with Crippen molar-refractivity contribution in [1.29, 1.82) is 0 Å². The van der Waals surface area contributed by atoms with Gasteiger partial charge in [0.05, 0.1) is 75.3 Å². The van der Waals surface area contributed by atoms with E-state index in [2.05, 4.69) is 6.92 Å². The van der Waals surface area contributed by atoms with Gasteiger partial charge in [0.15, 0.2) is 0 Å². The van der Waals surface area contributed by atoms with Crippen LogP contribution in [0.1, 0.15) is 227 Å². The predicted octanol–water partition coefficient (Wildman–Crippen LogP) is 7.14. The molecule has 0 aromatic heterocycles. The summed E-state index contributed by atoms with van der Waals surface area (Å²) >= 11 is 0. The smallest absolute Gasteiger partial charge is 0.308 e. The fourth-order valence-corrected chi connectivity index (χ4v) is 8.20. The van der Waals surface area contributed by atoms with Gasteiger partial charge in [0.1, 0.15) is 31.0 Å². The zero-order valence-corrected chi connectivity index (χ0v) is 43.1. The Bertz CT molecular complexity index is 1320. The number of carbonyl (C=O) groups is 5. The third kappa shape index (κ3) is 38.4. The van der Waals surface area contributed by atoms with Gasteiger partial charge in [-0.1, -0.05) is 105 Å². The van der Waals surface area contributed by atoms with Crippen molar-refractivity contribution < 1.29 is 83.4 Å². The standard InChI is InChI=1S/C52H96O17/c1-6-11-16-21-38(54)28-39(55)34-49(61)66-45(23-18-13-8-3)30-41(57)36-51(63)68-47(25-20-15-10-5)32-43(59)37-52(64)69-46(24-19-14-9-4)31-42(58)35-50(62)67-44(22-17-12-7-2)29-40(56)33-48(60)65-27-26-53/h38-47,53-59H,6-37H2,1-5H3. The molecule has 10 atom stereocenters. The molecule has 0 saturated heterocycles. The van der Waals surface area contributed by atoms with Gasteiger partial charge >= 0.3 is 29.8 Å². The van der Waals surface area contributed by atoms with Crippen molar-refractivity contribution in [2.45, 2.75) is 288 Å². The quantitative estimate of drug-likeness (QED) is 0.0181. The van der Waals surface area contributed by atoms with Crippen molar-refractivity contribution in [3.05, 3.63) is 0 Å². The second kappa shape index (κ2) is 42.7. The first-order chi connectivity index (χ1) is 33.0. The topological polar surface area (TPSA) is 273 Å². The van der Waals surface area contributed by atoms with E-state index in [0.717, 1.165) is 77.0 Å². The first kappa shape index (κ1) is 66.1. The van der Waals surface area contributed by atoms with Crippen LogP contribution in [0.4, 0.5) is 0 Å². The first-order valence-corrected chi connectivity index (χ1v) is 26.6. The van der Waals surface area contributed by atoms with Crippen LogP contribution in [0.3, 0.4) is 0 Å². The van der Waals surface area contributed by atoms with Crippen molar-refractivity contribution in [3.63, 3.8) is 0 Å². The molecule has 0 aliphatic carbocycles. The van der Waals surface area contributed by atoms with Gasteiger partial charge < -0.3 is 59.4 Å². The normalized spacial score (nSPS) is 15.9. The summed E-state index contributed by atoms with van der Waals surface area (Å²) < 4.78 is 27.6. The average Bonchev–Trinajstić information content (AvgIpc) is 3.25. The van der Waals surface area contributed by atoms with Gasteiger partial charge in [-0.2, -0.15) is 0 Å². The second-order valence-electron chi connectivity index (χ2n) is 19.0. The summed E-state index contributed by atoms with van der Waals surface area (Å²) in [5.41, 5.74) is 0. The number of esters is 5. The Morgan fingerprint density at radius 2 is 0.580 bits per heavy atom. The predicted molar refractivity (Wildman–Crippen MR) is 260 cm³/mol. The summed E-state index contributed by atoms with van der Waals surface area (Å²) in [6, 6.07) is 0. The van der Waals surface area contributed by atoms with E-state index < -0.39 is 110 Å². The molecule has 0 radical (unpaired) electrons. The molecule has 406 valence electrons. The molecule has 0 heterocycles. The molecule has 0 rings (SSSR count). The monoisotopic (exact) mass is 993 g/mol. The van der Waals surface area contributed by atoms with Gasteiger partial charge in [0.25, 0.3) is 0 Å². The van der Waals surface area contributed by atoms with Gasteiger partial charge in [-0.3, -0.25) is 24.0 Å². The summed E-state index contributed by atoms with van der Waals surface area (Å²) in [6.07, 6.45) is 3.33. The van der Waals surface area contributed by atoms with Crippen molar-refractivity contribution in [3.8, 4) is 0 Å². The number of hydrogen-bond donors (Lipinski definition) is 7. The summed E-state index contributed by atoms with van der Waals surface area (Å²) in [6.45, 7) is 9.60. The highest BCUT2D eigenvalue weighted by atomic mass is 16.6. The van der Waals surface area contributed by atoms with Crippen LogP contribution >= 0.6 is 0 Å². The van der Waals surface area contributed by atoms with Gasteiger partial charge in [-0.15, -0.1) is 0 Å². The van der Waals surface area contributed by atoms with E-state index in [-0.39, 0.29) is 58.2 Å². The SMILES string of the molecule is CCCCCC(O)CC(O)CC(=O)OC(CCCCC)CC(O)CC(=O)OC(CCCCC)CC(O)CC(=O)OC(CCCCC)CC(O)CC(=O)OC(CCCCC)CC(O)CC(=O)OCCO. The Labute approximate surface area is 413 Å². The van der Waals surface area contributed by atoms with Crippen LogP contribution in [0.5, 0.6) is 0 Å². The maximum absolute atomic E-state index is 13.2. The molecule has 0 aromatic rings. The van der Waals surface area contributed by atoms with E-state index in [0.29, 0.717) is 51.4 Å². The average molecular weight is 993 g/mol.